The van der Waals surface area contributed by atoms with Crippen molar-refractivity contribution in [2.45, 2.75) is 32.6 Å². The van der Waals surface area contributed by atoms with Crippen LogP contribution in [0.25, 0.3) is 82.6 Å². The summed E-state index contributed by atoms with van der Waals surface area (Å²) in [6.07, 6.45) is 2.08. The highest BCUT2D eigenvalue weighted by Gasteiger charge is 2.21. The van der Waals surface area contributed by atoms with Crippen LogP contribution >= 0.6 is 0 Å². The van der Waals surface area contributed by atoms with E-state index in [1.165, 1.54) is 60.1 Å². The fourth-order valence-electron chi connectivity index (χ4n) is 8.53. The van der Waals surface area contributed by atoms with Gasteiger partial charge in [-0.25, -0.2) is 9.97 Å². The smallest absolute Gasteiger partial charge is 0.235 e. The Bertz CT molecular complexity index is 3030. The van der Waals surface area contributed by atoms with E-state index >= 15 is 0 Å². The molecule has 54 heavy (non-hydrogen) atoms. The molecule has 0 fully saturated rings. The molecule has 0 spiro atoms. The SMILES string of the molecule is CCC(Cc1ccccc1-c1cc2c3cc4ccccc4cc3n(-c3nc(-c4ccc5ccccc5c4)c4ccccc4n3)c2cc1C)c1ccccc1. The third-order valence-corrected chi connectivity index (χ3v) is 11.3. The normalized spacial score (nSPS) is 12.3. The highest BCUT2D eigenvalue weighted by atomic mass is 15.2. The molecular weight excluding hydrogens is 655 g/mol. The van der Waals surface area contributed by atoms with Crippen LogP contribution in [0.2, 0.25) is 0 Å². The molecule has 0 bridgehead atoms. The first-order valence-corrected chi connectivity index (χ1v) is 19.0. The van der Waals surface area contributed by atoms with Crippen LogP contribution in [-0.2, 0) is 6.42 Å². The summed E-state index contributed by atoms with van der Waals surface area (Å²) in [5.41, 5.74) is 11.7. The van der Waals surface area contributed by atoms with Crippen LogP contribution in [0.3, 0.4) is 0 Å². The first-order chi connectivity index (χ1) is 26.6. The molecule has 0 amide bonds. The fraction of sp³-hybridized carbons (Fsp3) is 0.0980. The molecule has 0 saturated heterocycles. The van der Waals surface area contributed by atoms with Gasteiger partial charge in [0.25, 0.3) is 0 Å². The second-order valence-corrected chi connectivity index (χ2v) is 14.6. The van der Waals surface area contributed by atoms with Gasteiger partial charge in [0, 0.05) is 21.7 Å². The first kappa shape index (κ1) is 32.1. The summed E-state index contributed by atoms with van der Waals surface area (Å²) >= 11 is 0. The second-order valence-electron chi connectivity index (χ2n) is 14.6. The van der Waals surface area contributed by atoms with E-state index in [4.69, 9.17) is 9.97 Å². The molecule has 258 valence electrons. The lowest BCUT2D eigenvalue weighted by Crippen LogP contribution is -2.04. The van der Waals surface area contributed by atoms with E-state index in [9.17, 15) is 0 Å². The summed E-state index contributed by atoms with van der Waals surface area (Å²) < 4.78 is 2.29. The molecule has 0 saturated carbocycles. The van der Waals surface area contributed by atoms with Crippen LogP contribution in [0, 0.1) is 6.92 Å². The predicted molar refractivity (Wildman–Crippen MR) is 228 cm³/mol. The molecule has 0 aliphatic carbocycles. The quantitative estimate of drug-likeness (QED) is 0.166. The van der Waals surface area contributed by atoms with Gasteiger partial charge in [0.15, 0.2) is 0 Å². The molecular formula is C51H39N3. The zero-order valence-electron chi connectivity index (χ0n) is 30.5. The van der Waals surface area contributed by atoms with Crippen molar-refractivity contribution in [3.05, 3.63) is 187 Å². The van der Waals surface area contributed by atoms with Crippen molar-refractivity contribution < 1.29 is 0 Å². The summed E-state index contributed by atoms with van der Waals surface area (Å²) in [5, 5.41) is 8.26. The summed E-state index contributed by atoms with van der Waals surface area (Å²) in [7, 11) is 0. The maximum absolute atomic E-state index is 5.45. The Hall–Kier alpha value is -6.58. The minimum Gasteiger partial charge on any atom is -0.278 e. The summed E-state index contributed by atoms with van der Waals surface area (Å²) in [5.74, 6) is 1.12. The zero-order chi connectivity index (χ0) is 36.2. The van der Waals surface area contributed by atoms with Crippen molar-refractivity contribution in [2.24, 2.45) is 0 Å². The van der Waals surface area contributed by atoms with Crippen molar-refractivity contribution in [1.82, 2.24) is 14.5 Å². The van der Waals surface area contributed by atoms with Crippen molar-refractivity contribution in [3.8, 4) is 28.3 Å². The minimum absolute atomic E-state index is 0.450. The summed E-state index contributed by atoms with van der Waals surface area (Å²) in [6.45, 7) is 4.55. The molecule has 10 rings (SSSR count). The van der Waals surface area contributed by atoms with Crippen molar-refractivity contribution in [2.75, 3.05) is 0 Å². The van der Waals surface area contributed by atoms with Gasteiger partial charge in [0.05, 0.1) is 22.2 Å². The van der Waals surface area contributed by atoms with Gasteiger partial charge in [-0.05, 0) is 111 Å². The number of benzene rings is 8. The van der Waals surface area contributed by atoms with Gasteiger partial charge < -0.3 is 0 Å². The van der Waals surface area contributed by atoms with Crippen LogP contribution in [0.1, 0.15) is 36.0 Å². The summed E-state index contributed by atoms with van der Waals surface area (Å²) in [6, 6.07) is 61.6. The number of rotatable bonds is 7. The Morgan fingerprint density at radius 3 is 1.98 bits per heavy atom. The van der Waals surface area contributed by atoms with Gasteiger partial charge in [-0.3, -0.25) is 4.57 Å². The Kier molecular flexibility index (Phi) is 7.80. The van der Waals surface area contributed by atoms with Gasteiger partial charge >= 0.3 is 0 Å². The lowest BCUT2D eigenvalue weighted by Gasteiger charge is -2.19. The molecule has 2 aromatic heterocycles. The highest BCUT2D eigenvalue weighted by Crippen LogP contribution is 2.40. The lowest BCUT2D eigenvalue weighted by atomic mass is 9.85. The number of hydrogen-bond acceptors (Lipinski definition) is 2. The topological polar surface area (TPSA) is 30.7 Å². The van der Waals surface area contributed by atoms with Crippen LogP contribution in [0.5, 0.6) is 0 Å². The Labute approximate surface area is 315 Å². The maximum Gasteiger partial charge on any atom is 0.235 e. The third-order valence-electron chi connectivity index (χ3n) is 11.3. The molecule has 1 atom stereocenters. The summed E-state index contributed by atoms with van der Waals surface area (Å²) in [4.78, 5) is 10.7. The molecule has 8 aromatic carbocycles. The van der Waals surface area contributed by atoms with Crippen LogP contribution in [0.4, 0.5) is 0 Å². The largest absolute Gasteiger partial charge is 0.278 e. The Balaban J connectivity index is 1.21. The zero-order valence-corrected chi connectivity index (χ0v) is 30.5. The maximum atomic E-state index is 5.45. The number of nitrogens with zero attached hydrogens (tertiary/aromatic N) is 3. The van der Waals surface area contributed by atoms with Gasteiger partial charge in [0.1, 0.15) is 0 Å². The van der Waals surface area contributed by atoms with Crippen LogP contribution in [-0.4, -0.2) is 14.5 Å². The number of fused-ring (bicyclic) bond motifs is 6. The van der Waals surface area contributed by atoms with E-state index < -0.39 is 0 Å². The molecule has 1 unspecified atom stereocenters. The average Bonchev–Trinajstić information content (AvgIpc) is 3.53. The van der Waals surface area contributed by atoms with Crippen LogP contribution < -0.4 is 0 Å². The second kappa shape index (κ2) is 13.1. The number of aromatic nitrogens is 3. The van der Waals surface area contributed by atoms with Crippen molar-refractivity contribution in [1.29, 1.82) is 0 Å². The van der Waals surface area contributed by atoms with Crippen LogP contribution in [0.15, 0.2) is 170 Å². The molecule has 2 heterocycles. The number of para-hydroxylation sites is 1. The molecule has 3 heteroatoms. The molecule has 0 aliphatic heterocycles. The fourth-order valence-corrected chi connectivity index (χ4v) is 8.53. The van der Waals surface area contributed by atoms with E-state index in [-0.39, 0.29) is 0 Å². The number of hydrogen-bond donors (Lipinski definition) is 0. The molecule has 10 aromatic rings. The van der Waals surface area contributed by atoms with E-state index in [1.54, 1.807) is 0 Å². The van der Waals surface area contributed by atoms with Gasteiger partial charge in [-0.1, -0.05) is 140 Å². The minimum atomic E-state index is 0.450. The first-order valence-electron chi connectivity index (χ1n) is 19.0. The van der Waals surface area contributed by atoms with Gasteiger partial charge in [-0.15, -0.1) is 0 Å². The molecule has 0 N–H and O–H groups in total. The van der Waals surface area contributed by atoms with Gasteiger partial charge in [0.2, 0.25) is 5.95 Å². The average molecular weight is 694 g/mol. The van der Waals surface area contributed by atoms with E-state index in [1.807, 2.05) is 0 Å². The standard InChI is InChI=1S/C51H39N3/c1-3-34(35-15-5-4-6-16-35)28-40-21-11-12-22-42(40)44-32-46-45-30-38-19-9-10-20-39(38)31-49(45)54(48(46)27-33(44)2)51-52-47-24-14-13-23-43(47)50(53-51)41-26-25-36-17-7-8-18-37(36)29-41/h4-27,29-32,34H,3,28H2,1-2H3. The van der Waals surface area contributed by atoms with Gasteiger partial charge in [-0.2, -0.15) is 0 Å². The van der Waals surface area contributed by atoms with Crippen molar-refractivity contribution in [3.63, 3.8) is 0 Å². The van der Waals surface area contributed by atoms with Crippen molar-refractivity contribution >= 4 is 54.3 Å². The third kappa shape index (κ3) is 5.43. The van der Waals surface area contributed by atoms with E-state index in [0.29, 0.717) is 11.9 Å². The lowest BCUT2D eigenvalue weighted by molar-refractivity contribution is 0.661. The predicted octanol–water partition coefficient (Wildman–Crippen LogP) is 13.4. The molecule has 0 aliphatic rings. The Morgan fingerprint density at radius 1 is 0.519 bits per heavy atom. The number of aryl methyl sites for hydroxylation is 1. The highest BCUT2D eigenvalue weighted by molar-refractivity contribution is 6.15. The Morgan fingerprint density at radius 2 is 1.17 bits per heavy atom. The molecule has 3 nitrogen and oxygen atoms in total. The molecule has 0 radical (unpaired) electrons. The monoisotopic (exact) mass is 693 g/mol. The van der Waals surface area contributed by atoms with E-state index in [0.717, 1.165) is 46.0 Å². The van der Waals surface area contributed by atoms with E-state index in [2.05, 4.69) is 188 Å².